The maximum absolute atomic E-state index is 12.3. The monoisotopic (exact) mass is 277 g/mol. The first-order valence-electron chi connectivity index (χ1n) is 8.13. The molecular weight excluding hydrogens is 250 g/mol. The molecule has 3 rings (SSSR count). The van der Waals surface area contributed by atoms with Gasteiger partial charge in [-0.25, -0.2) is 4.79 Å². The maximum atomic E-state index is 12.3. The molecule has 1 saturated carbocycles. The van der Waals surface area contributed by atoms with Gasteiger partial charge in [0.2, 0.25) is 0 Å². The molecule has 2 atom stereocenters. The summed E-state index contributed by atoms with van der Waals surface area (Å²) < 4.78 is 5.56. The molecule has 0 aromatic heterocycles. The predicted octanol–water partition coefficient (Wildman–Crippen LogP) is 4.27. The third-order valence-corrected chi connectivity index (χ3v) is 4.85. The largest absolute Gasteiger partial charge is 0.444 e. The molecule has 20 heavy (non-hydrogen) atoms. The number of carbonyl (C=O) groups excluding carboxylic acids is 1. The Balaban J connectivity index is 1.65. The number of hydrogen-bond donors (Lipinski definition) is 0. The third-order valence-electron chi connectivity index (χ3n) is 4.85. The lowest BCUT2D eigenvalue weighted by atomic mass is 9.79. The van der Waals surface area contributed by atoms with Crippen LogP contribution in [0.2, 0.25) is 0 Å². The van der Waals surface area contributed by atoms with Crippen LogP contribution in [0.4, 0.5) is 4.79 Å². The fraction of sp³-hybridized carbons (Fsp3) is 0.824. The molecule has 0 aromatic carbocycles. The minimum absolute atomic E-state index is 0.121. The van der Waals surface area contributed by atoms with Gasteiger partial charge in [0.05, 0.1) is 6.04 Å². The second kappa shape index (κ2) is 5.09. The first kappa shape index (κ1) is 14.0. The molecule has 0 aromatic rings. The number of hydrogen-bond acceptors (Lipinski definition) is 2. The highest BCUT2D eigenvalue weighted by Crippen LogP contribution is 2.40. The molecule has 2 unspecified atom stereocenters. The fourth-order valence-electron chi connectivity index (χ4n) is 3.74. The molecule has 0 N–H and O–H groups in total. The van der Waals surface area contributed by atoms with E-state index in [0.717, 1.165) is 25.2 Å². The Morgan fingerprint density at radius 1 is 1.30 bits per heavy atom. The van der Waals surface area contributed by atoms with E-state index >= 15 is 0 Å². The van der Waals surface area contributed by atoms with Crippen molar-refractivity contribution in [2.75, 3.05) is 0 Å². The predicted molar refractivity (Wildman–Crippen MR) is 79.5 cm³/mol. The Labute approximate surface area is 122 Å². The number of ether oxygens (including phenoxy) is 1. The minimum Gasteiger partial charge on any atom is -0.444 e. The number of rotatable bonds is 2. The van der Waals surface area contributed by atoms with Crippen LogP contribution in [-0.4, -0.2) is 28.7 Å². The van der Waals surface area contributed by atoms with Crippen molar-refractivity contribution in [2.45, 2.75) is 83.4 Å². The molecule has 112 valence electrons. The Hall–Kier alpha value is -0.990. The van der Waals surface area contributed by atoms with Crippen LogP contribution in [0, 0.1) is 5.92 Å². The highest BCUT2D eigenvalue weighted by molar-refractivity contribution is 5.70. The summed E-state index contributed by atoms with van der Waals surface area (Å²) in [7, 11) is 0. The van der Waals surface area contributed by atoms with Gasteiger partial charge in [0.15, 0.2) is 0 Å². The summed E-state index contributed by atoms with van der Waals surface area (Å²) in [6.45, 7) is 5.82. The van der Waals surface area contributed by atoms with Gasteiger partial charge in [0, 0.05) is 6.04 Å². The van der Waals surface area contributed by atoms with E-state index in [1.165, 1.54) is 25.7 Å². The van der Waals surface area contributed by atoms with E-state index in [0.29, 0.717) is 12.1 Å². The van der Waals surface area contributed by atoms with E-state index in [-0.39, 0.29) is 6.09 Å². The van der Waals surface area contributed by atoms with Crippen LogP contribution < -0.4 is 0 Å². The van der Waals surface area contributed by atoms with Crippen molar-refractivity contribution in [3.05, 3.63) is 11.6 Å². The van der Waals surface area contributed by atoms with E-state index in [1.54, 1.807) is 5.57 Å². The quantitative estimate of drug-likeness (QED) is 0.705. The molecule has 0 spiro atoms. The SMILES string of the molecule is CC(C)(C)OC(=O)N1C2C=C(CC3CCC3)CC1CC2. The van der Waals surface area contributed by atoms with E-state index in [4.69, 9.17) is 4.74 Å². The summed E-state index contributed by atoms with van der Waals surface area (Å²) in [5, 5.41) is 0. The summed E-state index contributed by atoms with van der Waals surface area (Å²) in [6, 6.07) is 0.675. The van der Waals surface area contributed by atoms with E-state index in [1.807, 2.05) is 25.7 Å². The van der Waals surface area contributed by atoms with Crippen molar-refractivity contribution in [1.82, 2.24) is 4.90 Å². The second-order valence-corrected chi connectivity index (χ2v) is 7.72. The van der Waals surface area contributed by atoms with Crippen molar-refractivity contribution >= 4 is 6.09 Å². The lowest BCUT2D eigenvalue weighted by Crippen LogP contribution is -2.45. The van der Waals surface area contributed by atoms with Crippen LogP contribution in [0.15, 0.2) is 11.6 Å². The van der Waals surface area contributed by atoms with Crippen molar-refractivity contribution < 1.29 is 9.53 Å². The number of amides is 1. The van der Waals surface area contributed by atoms with Crippen molar-refractivity contribution in [1.29, 1.82) is 0 Å². The smallest absolute Gasteiger partial charge is 0.411 e. The summed E-state index contributed by atoms with van der Waals surface area (Å²) >= 11 is 0. The Kier molecular flexibility index (Phi) is 3.55. The molecule has 1 saturated heterocycles. The summed E-state index contributed by atoms with van der Waals surface area (Å²) in [4.78, 5) is 14.3. The van der Waals surface area contributed by atoms with E-state index in [2.05, 4.69) is 6.08 Å². The minimum atomic E-state index is -0.396. The van der Waals surface area contributed by atoms with Gasteiger partial charge in [-0.05, 0) is 52.4 Å². The van der Waals surface area contributed by atoms with Gasteiger partial charge in [-0.2, -0.15) is 0 Å². The number of nitrogens with zero attached hydrogens (tertiary/aromatic N) is 1. The molecule has 3 nitrogen and oxygen atoms in total. The van der Waals surface area contributed by atoms with Gasteiger partial charge >= 0.3 is 6.09 Å². The van der Waals surface area contributed by atoms with Crippen molar-refractivity contribution in [2.24, 2.45) is 5.92 Å². The Morgan fingerprint density at radius 2 is 2.05 bits per heavy atom. The van der Waals surface area contributed by atoms with Gasteiger partial charge in [-0.15, -0.1) is 0 Å². The zero-order chi connectivity index (χ0) is 14.3. The van der Waals surface area contributed by atoms with E-state index in [9.17, 15) is 4.79 Å². The molecule has 2 fully saturated rings. The normalized spacial score (nSPS) is 29.9. The maximum Gasteiger partial charge on any atom is 0.411 e. The standard InChI is InChI=1S/C17H27NO2/c1-17(2,3)20-16(19)18-14-7-8-15(18)11-13(10-14)9-12-5-4-6-12/h10,12,14-15H,4-9,11H2,1-3H3. The molecule has 3 heteroatoms. The summed E-state index contributed by atoms with van der Waals surface area (Å²) in [5.41, 5.74) is 1.20. The van der Waals surface area contributed by atoms with E-state index < -0.39 is 5.60 Å². The first-order chi connectivity index (χ1) is 9.42. The highest BCUT2D eigenvalue weighted by Gasteiger charge is 2.41. The van der Waals surface area contributed by atoms with Crippen molar-refractivity contribution in [3.63, 3.8) is 0 Å². The summed E-state index contributed by atoms with van der Waals surface area (Å²) in [5.74, 6) is 0.925. The second-order valence-electron chi connectivity index (χ2n) is 7.72. The lowest BCUT2D eigenvalue weighted by Gasteiger charge is -2.37. The average molecular weight is 277 g/mol. The first-order valence-corrected chi connectivity index (χ1v) is 8.13. The van der Waals surface area contributed by atoms with Crippen LogP contribution >= 0.6 is 0 Å². The fourth-order valence-corrected chi connectivity index (χ4v) is 3.74. The molecule has 1 aliphatic carbocycles. The van der Waals surface area contributed by atoms with Crippen LogP contribution in [0.5, 0.6) is 0 Å². The van der Waals surface area contributed by atoms with Crippen LogP contribution in [0.1, 0.15) is 65.7 Å². The molecule has 3 aliphatic rings. The molecule has 2 heterocycles. The zero-order valence-electron chi connectivity index (χ0n) is 13.0. The van der Waals surface area contributed by atoms with Crippen LogP contribution in [0.25, 0.3) is 0 Å². The molecule has 1 amide bonds. The van der Waals surface area contributed by atoms with Gasteiger partial charge in [-0.3, -0.25) is 4.90 Å². The third kappa shape index (κ3) is 2.87. The molecule has 2 aliphatic heterocycles. The average Bonchev–Trinajstić information content (AvgIpc) is 2.54. The Bertz CT molecular complexity index is 417. The zero-order valence-corrected chi connectivity index (χ0v) is 13.0. The van der Waals surface area contributed by atoms with Crippen molar-refractivity contribution in [3.8, 4) is 0 Å². The molecule has 0 radical (unpaired) electrons. The summed E-state index contributed by atoms with van der Waals surface area (Å²) in [6.07, 6.45) is 11.1. The van der Waals surface area contributed by atoms with Gasteiger partial charge in [0.25, 0.3) is 0 Å². The highest BCUT2D eigenvalue weighted by atomic mass is 16.6. The van der Waals surface area contributed by atoms with Crippen LogP contribution in [0.3, 0.4) is 0 Å². The van der Waals surface area contributed by atoms with Gasteiger partial charge in [-0.1, -0.05) is 30.9 Å². The molecular formula is C17H27NO2. The Morgan fingerprint density at radius 3 is 2.60 bits per heavy atom. The molecule has 2 bridgehead atoms. The van der Waals surface area contributed by atoms with Gasteiger partial charge < -0.3 is 4.74 Å². The van der Waals surface area contributed by atoms with Gasteiger partial charge in [0.1, 0.15) is 5.60 Å². The lowest BCUT2D eigenvalue weighted by molar-refractivity contribution is 0.0165. The van der Waals surface area contributed by atoms with Crippen LogP contribution in [-0.2, 0) is 4.74 Å². The topological polar surface area (TPSA) is 29.5 Å². The number of carbonyl (C=O) groups is 1. The number of fused-ring (bicyclic) bond motifs is 2.